The van der Waals surface area contributed by atoms with E-state index < -0.39 is 0 Å². The van der Waals surface area contributed by atoms with Gasteiger partial charge in [-0.15, -0.1) is 0 Å². The number of rotatable bonds is 5. The first-order valence-electron chi connectivity index (χ1n) is 10.6. The minimum Gasteiger partial charge on any atom is -0.486 e. The lowest BCUT2D eigenvalue weighted by molar-refractivity contribution is -0.116. The number of ether oxygens (including phenoxy) is 2. The van der Waals surface area contributed by atoms with Crippen LogP contribution in [0.25, 0.3) is 0 Å². The van der Waals surface area contributed by atoms with Gasteiger partial charge in [0.25, 0.3) is 0 Å². The molecule has 0 aliphatic carbocycles. The van der Waals surface area contributed by atoms with Crippen LogP contribution in [-0.2, 0) is 10.2 Å². The number of hydrogen-bond donors (Lipinski definition) is 1. The summed E-state index contributed by atoms with van der Waals surface area (Å²) in [5.41, 5.74) is 4.16. The predicted molar refractivity (Wildman–Crippen MR) is 122 cm³/mol. The molecular formula is C26H28N2O3. The number of amides is 1. The molecule has 1 aliphatic rings. The molecule has 1 aromatic heterocycles. The van der Waals surface area contributed by atoms with E-state index in [0.717, 1.165) is 11.1 Å². The second-order valence-corrected chi connectivity index (χ2v) is 8.82. The van der Waals surface area contributed by atoms with Crippen LogP contribution in [0.5, 0.6) is 11.5 Å². The van der Waals surface area contributed by atoms with Crippen molar-refractivity contribution in [1.82, 2.24) is 4.98 Å². The molecule has 1 atom stereocenters. The first kappa shape index (κ1) is 20.9. The minimum atomic E-state index is -0.0834. The minimum absolute atomic E-state index is 0.0644. The smallest absolute Gasteiger partial charge is 0.225 e. The maximum atomic E-state index is 13.0. The van der Waals surface area contributed by atoms with Gasteiger partial charge in [0.15, 0.2) is 11.5 Å². The van der Waals surface area contributed by atoms with Crippen molar-refractivity contribution in [2.45, 2.75) is 38.5 Å². The van der Waals surface area contributed by atoms with E-state index >= 15 is 0 Å². The van der Waals surface area contributed by atoms with Crippen LogP contribution in [0.1, 0.15) is 49.8 Å². The molecule has 2 aromatic carbocycles. The summed E-state index contributed by atoms with van der Waals surface area (Å²) in [7, 11) is 0. The summed E-state index contributed by atoms with van der Waals surface area (Å²) in [6.07, 6.45) is 3.90. The normalized spacial score (nSPS) is 14.0. The van der Waals surface area contributed by atoms with Gasteiger partial charge in [-0.25, -0.2) is 0 Å². The highest BCUT2D eigenvalue weighted by Gasteiger charge is 2.21. The average Bonchev–Trinajstić information content (AvgIpc) is 2.77. The number of aromatic nitrogens is 1. The van der Waals surface area contributed by atoms with Crippen LogP contribution in [-0.4, -0.2) is 24.1 Å². The topological polar surface area (TPSA) is 60.5 Å². The van der Waals surface area contributed by atoms with Crippen molar-refractivity contribution >= 4 is 11.6 Å². The van der Waals surface area contributed by atoms with Gasteiger partial charge < -0.3 is 14.8 Å². The number of anilines is 1. The summed E-state index contributed by atoms with van der Waals surface area (Å²) in [6.45, 7) is 7.64. The molecule has 0 spiro atoms. The lowest BCUT2D eigenvalue weighted by Crippen LogP contribution is -2.18. The van der Waals surface area contributed by atoms with Gasteiger partial charge >= 0.3 is 0 Å². The zero-order valence-electron chi connectivity index (χ0n) is 18.2. The summed E-state index contributed by atoms with van der Waals surface area (Å²) in [5, 5.41) is 3.00. The quantitative estimate of drug-likeness (QED) is 0.612. The van der Waals surface area contributed by atoms with Gasteiger partial charge in [-0.2, -0.15) is 0 Å². The lowest BCUT2D eigenvalue weighted by atomic mass is 9.83. The van der Waals surface area contributed by atoms with Crippen LogP contribution in [0.3, 0.4) is 0 Å². The number of pyridine rings is 1. The molecule has 1 unspecified atom stereocenters. The molecule has 3 aromatic rings. The van der Waals surface area contributed by atoms with Gasteiger partial charge in [0, 0.05) is 36.5 Å². The lowest BCUT2D eigenvalue weighted by Gasteiger charge is -2.22. The second-order valence-electron chi connectivity index (χ2n) is 8.82. The third-order valence-corrected chi connectivity index (χ3v) is 5.48. The molecule has 0 fully saturated rings. The fourth-order valence-corrected chi connectivity index (χ4v) is 3.74. The highest BCUT2D eigenvalue weighted by Crippen LogP contribution is 2.34. The van der Waals surface area contributed by atoms with Crippen LogP contribution in [0.2, 0.25) is 0 Å². The third-order valence-electron chi connectivity index (χ3n) is 5.48. The molecule has 160 valence electrons. The van der Waals surface area contributed by atoms with Gasteiger partial charge in [-0.1, -0.05) is 51.1 Å². The van der Waals surface area contributed by atoms with E-state index in [9.17, 15) is 4.79 Å². The van der Waals surface area contributed by atoms with Crippen molar-refractivity contribution in [3.8, 4) is 11.5 Å². The number of nitrogens with zero attached hydrogens (tertiary/aromatic N) is 1. The van der Waals surface area contributed by atoms with Crippen molar-refractivity contribution in [2.24, 2.45) is 0 Å². The summed E-state index contributed by atoms with van der Waals surface area (Å²) < 4.78 is 11.2. The molecule has 5 heteroatoms. The van der Waals surface area contributed by atoms with E-state index in [1.54, 1.807) is 6.20 Å². The fraction of sp³-hybridized carbons (Fsp3) is 0.308. The zero-order chi connectivity index (χ0) is 21.8. The Morgan fingerprint density at radius 2 is 1.74 bits per heavy atom. The van der Waals surface area contributed by atoms with Crippen molar-refractivity contribution in [3.63, 3.8) is 0 Å². The molecule has 0 saturated heterocycles. The van der Waals surface area contributed by atoms with Crippen LogP contribution in [0.4, 0.5) is 5.69 Å². The molecule has 0 bridgehead atoms. The van der Waals surface area contributed by atoms with Gasteiger partial charge in [0.05, 0.1) is 0 Å². The first-order chi connectivity index (χ1) is 14.9. The standard InChI is InChI=1S/C26H28N2O3/c1-26(2,3)20-8-6-18(7-9-20)22(19-5-4-12-27-17-19)16-25(29)28-21-10-11-23-24(15-21)31-14-13-30-23/h4-12,15,17,22H,13-14,16H2,1-3H3,(H,28,29). The second kappa shape index (κ2) is 8.80. The first-order valence-corrected chi connectivity index (χ1v) is 10.6. The molecule has 5 nitrogen and oxygen atoms in total. The third kappa shape index (κ3) is 5.05. The maximum absolute atomic E-state index is 13.0. The van der Waals surface area contributed by atoms with Gasteiger partial charge in [-0.05, 0) is 40.3 Å². The molecule has 1 N–H and O–H groups in total. The molecular weight excluding hydrogens is 388 g/mol. The predicted octanol–water partition coefficient (Wildman–Crippen LogP) is 5.31. The monoisotopic (exact) mass is 416 g/mol. The SMILES string of the molecule is CC(C)(C)c1ccc(C(CC(=O)Nc2ccc3c(c2)OCCO3)c2cccnc2)cc1. The Hall–Kier alpha value is -3.34. The fourth-order valence-electron chi connectivity index (χ4n) is 3.74. The van der Waals surface area contributed by atoms with Crippen LogP contribution >= 0.6 is 0 Å². The van der Waals surface area contributed by atoms with E-state index in [-0.39, 0.29) is 17.2 Å². The van der Waals surface area contributed by atoms with Gasteiger partial charge in [-0.3, -0.25) is 9.78 Å². The van der Waals surface area contributed by atoms with E-state index in [1.807, 2.05) is 36.5 Å². The number of benzene rings is 2. The van der Waals surface area contributed by atoms with Crippen molar-refractivity contribution in [2.75, 3.05) is 18.5 Å². The number of nitrogens with one attached hydrogen (secondary N) is 1. The van der Waals surface area contributed by atoms with Crippen molar-refractivity contribution in [3.05, 3.63) is 83.7 Å². The molecule has 1 aliphatic heterocycles. The number of carbonyl (C=O) groups excluding carboxylic acids is 1. The average molecular weight is 417 g/mol. The van der Waals surface area contributed by atoms with E-state index in [1.165, 1.54) is 5.56 Å². The van der Waals surface area contributed by atoms with Gasteiger partial charge in [0.2, 0.25) is 5.91 Å². The Bertz CT molecular complexity index is 1040. The van der Waals surface area contributed by atoms with Crippen LogP contribution < -0.4 is 14.8 Å². The molecule has 1 amide bonds. The van der Waals surface area contributed by atoms with Crippen molar-refractivity contribution in [1.29, 1.82) is 0 Å². The molecule has 4 rings (SSSR count). The van der Waals surface area contributed by atoms with E-state index in [0.29, 0.717) is 36.8 Å². The van der Waals surface area contributed by atoms with E-state index in [4.69, 9.17) is 9.47 Å². The van der Waals surface area contributed by atoms with Gasteiger partial charge in [0.1, 0.15) is 13.2 Å². The Labute approximate surface area is 183 Å². The highest BCUT2D eigenvalue weighted by molar-refractivity contribution is 5.92. The number of hydrogen-bond acceptors (Lipinski definition) is 4. The zero-order valence-corrected chi connectivity index (χ0v) is 18.2. The van der Waals surface area contributed by atoms with Crippen LogP contribution in [0, 0.1) is 0 Å². The Balaban J connectivity index is 1.54. The van der Waals surface area contributed by atoms with E-state index in [2.05, 4.69) is 55.3 Å². The number of fused-ring (bicyclic) bond motifs is 1. The number of carbonyl (C=O) groups is 1. The Kier molecular flexibility index (Phi) is 5.94. The molecule has 2 heterocycles. The highest BCUT2D eigenvalue weighted by atomic mass is 16.6. The maximum Gasteiger partial charge on any atom is 0.225 e. The van der Waals surface area contributed by atoms with Crippen LogP contribution in [0.15, 0.2) is 67.0 Å². The summed E-state index contributed by atoms with van der Waals surface area (Å²) >= 11 is 0. The summed E-state index contributed by atoms with van der Waals surface area (Å²) in [6, 6.07) is 17.9. The van der Waals surface area contributed by atoms with Crippen molar-refractivity contribution < 1.29 is 14.3 Å². The molecule has 0 radical (unpaired) electrons. The molecule has 31 heavy (non-hydrogen) atoms. The Morgan fingerprint density at radius 3 is 2.42 bits per heavy atom. The Morgan fingerprint density at radius 1 is 1.00 bits per heavy atom. The largest absolute Gasteiger partial charge is 0.486 e. The summed E-state index contributed by atoms with van der Waals surface area (Å²) in [5.74, 6) is 1.22. The summed E-state index contributed by atoms with van der Waals surface area (Å²) in [4.78, 5) is 17.2. The molecule has 0 saturated carbocycles.